The summed E-state index contributed by atoms with van der Waals surface area (Å²) in [6, 6.07) is 9.19. The summed E-state index contributed by atoms with van der Waals surface area (Å²) in [5.41, 5.74) is 1.63. The normalized spacial score (nSPS) is 15.1. The average Bonchev–Trinajstić information content (AvgIpc) is 2.56. The maximum Gasteiger partial charge on any atom is 0.253 e. The van der Waals surface area contributed by atoms with Gasteiger partial charge in [-0.1, -0.05) is 12.1 Å². The van der Waals surface area contributed by atoms with Crippen LogP contribution in [0.3, 0.4) is 0 Å². The summed E-state index contributed by atoms with van der Waals surface area (Å²) >= 11 is 0. The average molecular weight is 281 g/mol. The molecule has 1 radical (unpaired) electrons. The summed E-state index contributed by atoms with van der Waals surface area (Å²) in [4.78, 5) is 24.9. The van der Waals surface area contributed by atoms with Gasteiger partial charge >= 0.3 is 0 Å². The standard InChI is InChI=1S/C16H17N4O/c1-13-3-5-14(6-4-13)15(21)19-9-11-20(12-10-19)16-17-7-2-8-18-16/h2-8H,1,9-12H2. The molecule has 0 aliphatic carbocycles. The Morgan fingerprint density at radius 3 is 2.24 bits per heavy atom. The number of carbonyl (C=O) groups is 1. The third-order valence-corrected chi connectivity index (χ3v) is 3.60. The first kappa shape index (κ1) is 13.5. The van der Waals surface area contributed by atoms with E-state index in [0.717, 1.165) is 24.6 Å². The van der Waals surface area contributed by atoms with E-state index >= 15 is 0 Å². The molecule has 0 atom stereocenters. The second-order valence-corrected chi connectivity index (χ2v) is 5.02. The van der Waals surface area contributed by atoms with Crippen molar-refractivity contribution in [3.8, 4) is 0 Å². The van der Waals surface area contributed by atoms with Gasteiger partial charge in [-0.05, 0) is 30.7 Å². The molecule has 3 rings (SSSR count). The number of piperazine rings is 1. The van der Waals surface area contributed by atoms with Gasteiger partial charge in [0.15, 0.2) is 0 Å². The maximum atomic E-state index is 12.4. The van der Waals surface area contributed by atoms with Gasteiger partial charge in [0.1, 0.15) is 0 Å². The predicted octanol–water partition coefficient (Wildman–Crippen LogP) is 1.62. The Bertz CT molecular complexity index is 604. The molecule has 0 spiro atoms. The van der Waals surface area contributed by atoms with Crippen LogP contribution in [0.5, 0.6) is 0 Å². The number of aromatic nitrogens is 2. The van der Waals surface area contributed by atoms with Crippen LogP contribution >= 0.6 is 0 Å². The molecular weight excluding hydrogens is 264 g/mol. The topological polar surface area (TPSA) is 49.3 Å². The highest BCUT2D eigenvalue weighted by atomic mass is 16.2. The molecule has 0 unspecified atom stereocenters. The second kappa shape index (κ2) is 5.91. The summed E-state index contributed by atoms with van der Waals surface area (Å²) in [6.45, 7) is 6.71. The lowest BCUT2D eigenvalue weighted by atomic mass is 10.1. The minimum Gasteiger partial charge on any atom is -0.337 e. The van der Waals surface area contributed by atoms with Crippen molar-refractivity contribution in [1.29, 1.82) is 0 Å². The van der Waals surface area contributed by atoms with Crippen LogP contribution in [0.25, 0.3) is 0 Å². The van der Waals surface area contributed by atoms with E-state index in [4.69, 9.17) is 0 Å². The van der Waals surface area contributed by atoms with Crippen molar-refractivity contribution in [1.82, 2.24) is 14.9 Å². The summed E-state index contributed by atoms with van der Waals surface area (Å²) in [6.07, 6.45) is 3.47. The van der Waals surface area contributed by atoms with Gasteiger partial charge in [-0.2, -0.15) is 0 Å². The molecule has 5 nitrogen and oxygen atoms in total. The van der Waals surface area contributed by atoms with Crippen molar-refractivity contribution in [2.24, 2.45) is 0 Å². The quantitative estimate of drug-likeness (QED) is 0.839. The number of hydrogen-bond donors (Lipinski definition) is 0. The summed E-state index contributed by atoms with van der Waals surface area (Å²) in [5, 5.41) is 0. The lowest BCUT2D eigenvalue weighted by molar-refractivity contribution is 0.0746. The highest BCUT2D eigenvalue weighted by Gasteiger charge is 2.23. The van der Waals surface area contributed by atoms with Gasteiger partial charge in [0.25, 0.3) is 5.91 Å². The Labute approximate surface area is 124 Å². The number of carbonyl (C=O) groups excluding carboxylic acids is 1. The van der Waals surface area contributed by atoms with Gasteiger partial charge in [0.2, 0.25) is 5.95 Å². The fourth-order valence-corrected chi connectivity index (χ4v) is 2.39. The van der Waals surface area contributed by atoms with Gasteiger partial charge in [-0.3, -0.25) is 4.79 Å². The molecule has 1 aliphatic rings. The van der Waals surface area contributed by atoms with Crippen LogP contribution in [-0.4, -0.2) is 47.0 Å². The molecule has 5 heteroatoms. The van der Waals surface area contributed by atoms with E-state index < -0.39 is 0 Å². The molecule has 0 bridgehead atoms. The first-order chi connectivity index (χ1) is 10.2. The monoisotopic (exact) mass is 281 g/mol. The molecule has 107 valence electrons. The molecular formula is C16H17N4O. The van der Waals surface area contributed by atoms with Gasteiger partial charge in [-0.15, -0.1) is 0 Å². The Balaban J connectivity index is 1.63. The lowest BCUT2D eigenvalue weighted by Crippen LogP contribution is -2.49. The lowest BCUT2D eigenvalue weighted by Gasteiger charge is -2.34. The minimum absolute atomic E-state index is 0.0728. The molecule has 1 aliphatic heterocycles. The predicted molar refractivity (Wildman–Crippen MR) is 81.0 cm³/mol. The molecule has 1 aromatic carbocycles. The smallest absolute Gasteiger partial charge is 0.253 e. The van der Waals surface area contributed by atoms with E-state index in [1.54, 1.807) is 18.5 Å². The fraction of sp³-hybridized carbons (Fsp3) is 0.250. The molecule has 1 saturated heterocycles. The van der Waals surface area contributed by atoms with Crippen molar-refractivity contribution < 1.29 is 4.79 Å². The third kappa shape index (κ3) is 3.02. The Morgan fingerprint density at radius 2 is 1.62 bits per heavy atom. The summed E-state index contributed by atoms with van der Waals surface area (Å²) < 4.78 is 0. The van der Waals surface area contributed by atoms with E-state index in [1.165, 1.54) is 0 Å². The van der Waals surface area contributed by atoms with Crippen molar-refractivity contribution in [3.05, 3.63) is 60.8 Å². The maximum absolute atomic E-state index is 12.4. The second-order valence-electron chi connectivity index (χ2n) is 5.02. The largest absolute Gasteiger partial charge is 0.337 e. The summed E-state index contributed by atoms with van der Waals surface area (Å²) in [5.74, 6) is 0.801. The van der Waals surface area contributed by atoms with Crippen molar-refractivity contribution in [3.63, 3.8) is 0 Å². The van der Waals surface area contributed by atoms with E-state index in [0.29, 0.717) is 18.7 Å². The highest BCUT2D eigenvalue weighted by molar-refractivity contribution is 5.94. The Kier molecular flexibility index (Phi) is 3.81. The van der Waals surface area contributed by atoms with Crippen LogP contribution in [0.15, 0.2) is 42.7 Å². The van der Waals surface area contributed by atoms with Gasteiger partial charge < -0.3 is 9.80 Å². The molecule has 21 heavy (non-hydrogen) atoms. The zero-order chi connectivity index (χ0) is 14.7. The number of rotatable bonds is 2. The van der Waals surface area contributed by atoms with Crippen molar-refractivity contribution >= 4 is 11.9 Å². The SMILES string of the molecule is [CH2]c1ccc(C(=O)N2CCN(c3ncccn3)CC2)cc1. The zero-order valence-corrected chi connectivity index (χ0v) is 11.8. The van der Waals surface area contributed by atoms with Crippen molar-refractivity contribution in [2.45, 2.75) is 0 Å². The number of nitrogens with zero attached hydrogens (tertiary/aromatic N) is 4. The number of anilines is 1. The molecule has 0 N–H and O–H groups in total. The zero-order valence-electron chi connectivity index (χ0n) is 11.8. The van der Waals surface area contributed by atoms with Gasteiger partial charge in [-0.25, -0.2) is 9.97 Å². The van der Waals surface area contributed by atoms with Crippen LogP contribution in [0.2, 0.25) is 0 Å². The number of benzene rings is 1. The first-order valence-corrected chi connectivity index (χ1v) is 6.97. The van der Waals surface area contributed by atoms with E-state index in [-0.39, 0.29) is 5.91 Å². The molecule has 2 aromatic rings. The van der Waals surface area contributed by atoms with Crippen LogP contribution in [0.1, 0.15) is 15.9 Å². The highest BCUT2D eigenvalue weighted by Crippen LogP contribution is 2.13. The molecule has 1 aromatic heterocycles. The molecule has 1 amide bonds. The van der Waals surface area contributed by atoms with Crippen LogP contribution in [-0.2, 0) is 0 Å². The van der Waals surface area contributed by atoms with Gasteiger partial charge in [0.05, 0.1) is 0 Å². The first-order valence-electron chi connectivity index (χ1n) is 6.97. The van der Waals surface area contributed by atoms with E-state index in [1.807, 2.05) is 29.2 Å². The fourth-order valence-electron chi connectivity index (χ4n) is 2.39. The van der Waals surface area contributed by atoms with E-state index in [9.17, 15) is 4.79 Å². The van der Waals surface area contributed by atoms with E-state index in [2.05, 4.69) is 21.8 Å². The molecule has 0 saturated carbocycles. The van der Waals surface area contributed by atoms with Crippen LogP contribution in [0.4, 0.5) is 5.95 Å². The number of hydrogen-bond acceptors (Lipinski definition) is 4. The van der Waals surface area contributed by atoms with Gasteiger partial charge in [0, 0.05) is 44.1 Å². The number of amides is 1. The Hall–Kier alpha value is -2.43. The minimum atomic E-state index is 0.0728. The Morgan fingerprint density at radius 1 is 1.00 bits per heavy atom. The molecule has 2 heterocycles. The molecule has 1 fully saturated rings. The third-order valence-electron chi connectivity index (χ3n) is 3.60. The summed E-state index contributed by atoms with van der Waals surface area (Å²) in [7, 11) is 0. The van der Waals surface area contributed by atoms with Crippen molar-refractivity contribution in [2.75, 3.05) is 31.1 Å². The van der Waals surface area contributed by atoms with Crippen LogP contribution in [0, 0.1) is 6.92 Å². The van der Waals surface area contributed by atoms with Crippen LogP contribution < -0.4 is 4.90 Å².